The average Bonchev–Trinajstić information content (AvgIpc) is 2.74. The standard InChI is InChI=1S/C11H10N2O3/c1-2-13-5-12-8-4-10-9(15-6-16-10)3-7(8)11(13)14/h3-5H,2,6H2,1H3. The van der Waals surface area contributed by atoms with Gasteiger partial charge in [0, 0.05) is 12.6 Å². The zero-order chi connectivity index (χ0) is 11.1. The molecule has 0 N–H and O–H groups in total. The van der Waals surface area contributed by atoms with Crippen molar-refractivity contribution in [3.63, 3.8) is 0 Å². The van der Waals surface area contributed by atoms with Gasteiger partial charge in [0.05, 0.1) is 17.2 Å². The van der Waals surface area contributed by atoms with E-state index in [1.807, 2.05) is 6.92 Å². The minimum Gasteiger partial charge on any atom is -0.454 e. The summed E-state index contributed by atoms with van der Waals surface area (Å²) in [5, 5.41) is 0.564. The van der Waals surface area contributed by atoms with Crippen molar-refractivity contribution in [3.05, 3.63) is 28.8 Å². The van der Waals surface area contributed by atoms with Crippen LogP contribution in [0.1, 0.15) is 6.92 Å². The summed E-state index contributed by atoms with van der Waals surface area (Å²) in [6.45, 7) is 2.71. The lowest BCUT2D eigenvalue weighted by atomic mass is 10.2. The molecule has 3 rings (SSSR count). The zero-order valence-corrected chi connectivity index (χ0v) is 8.77. The van der Waals surface area contributed by atoms with Crippen LogP contribution >= 0.6 is 0 Å². The summed E-state index contributed by atoms with van der Waals surface area (Å²) in [7, 11) is 0. The van der Waals surface area contributed by atoms with Crippen LogP contribution in [0, 0.1) is 0 Å². The van der Waals surface area contributed by atoms with Crippen LogP contribution in [0.4, 0.5) is 0 Å². The molecule has 0 saturated carbocycles. The van der Waals surface area contributed by atoms with Gasteiger partial charge in [0.2, 0.25) is 6.79 Å². The maximum Gasteiger partial charge on any atom is 0.261 e. The van der Waals surface area contributed by atoms with Gasteiger partial charge in [-0.1, -0.05) is 0 Å². The third kappa shape index (κ3) is 1.18. The van der Waals surface area contributed by atoms with Crippen LogP contribution in [-0.2, 0) is 6.54 Å². The second kappa shape index (κ2) is 3.23. The molecule has 0 fully saturated rings. The Labute approximate surface area is 91.2 Å². The Bertz CT molecular complexity index is 618. The Kier molecular flexibility index (Phi) is 1.86. The van der Waals surface area contributed by atoms with Gasteiger partial charge < -0.3 is 9.47 Å². The van der Waals surface area contributed by atoms with Crippen molar-refractivity contribution in [1.82, 2.24) is 9.55 Å². The van der Waals surface area contributed by atoms with Crippen molar-refractivity contribution < 1.29 is 9.47 Å². The SMILES string of the molecule is CCn1cnc2cc3c(cc2c1=O)OCO3. The lowest BCUT2D eigenvalue weighted by Gasteiger charge is -2.03. The minimum atomic E-state index is -0.0502. The van der Waals surface area contributed by atoms with Crippen molar-refractivity contribution in [2.45, 2.75) is 13.5 Å². The van der Waals surface area contributed by atoms with E-state index in [1.165, 1.54) is 0 Å². The van der Waals surface area contributed by atoms with Crippen LogP contribution in [-0.4, -0.2) is 16.3 Å². The number of fused-ring (bicyclic) bond motifs is 2. The third-order valence-corrected chi connectivity index (χ3v) is 2.66. The van der Waals surface area contributed by atoms with E-state index in [0.29, 0.717) is 28.9 Å². The second-order valence-electron chi connectivity index (χ2n) is 3.56. The molecule has 0 unspecified atom stereocenters. The van der Waals surface area contributed by atoms with Crippen molar-refractivity contribution >= 4 is 10.9 Å². The first-order valence-corrected chi connectivity index (χ1v) is 5.08. The minimum absolute atomic E-state index is 0.0502. The van der Waals surface area contributed by atoms with Gasteiger partial charge in [0.25, 0.3) is 5.56 Å². The maximum absolute atomic E-state index is 12.0. The van der Waals surface area contributed by atoms with Crippen LogP contribution in [0.2, 0.25) is 0 Å². The average molecular weight is 218 g/mol. The molecule has 1 aliphatic heterocycles. The molecule has 2 heterocycles. The van der Waals surface area contributed by atoms with Crippen LogP contribution in [0.15, 0.2) is 23.3 Å². The topological polar surface area (TPSA) is 53.4 Å². The van der Waals surface area contributed by atoms with E-state index in [9.17, 15) is 4.79 Å². The Balaban J connectivity index is 2.36. The number of aryl methyl sites for hydroxylation is 1. The number of ether oxygens (including phenoxy) is 2. The molecule has 0 radical (unpaired) electrons. The fourth-order valence-electron chi connectivity index (χ4n) is 1.77. The molecular formula is C11H10N2O3. The predicted molar refractivity (Wildman–Crippen MR) is 57.8 cm³/mol. The van der Waals surface area contributed by atoms with Gasteiger partial charge in [0.15, 0.2) is 11.5 Å². The molecule has 16 heavy (non-hydrogen) atoms. The number of hydrogen-bond donors (Lipinski definition) is 0. The molecule has 0 saturated heterocycles. The fourth-order valence-corrected chi connectivity index (χ4v) is 1.77. The zero-order valence-electron chi connectivity index (χ0n) is 8.77. The summed E-state index contributed by atoms with van der Waals surface area (Å²) < 4.78 is 12.0. The highest BCUT2D eigenvalue weighted by atomic mass is 16.7. The predicted octanol–water partition coefficient (Wildman–Crippen LogP) is 1.15. The van der Waals surface area contributed by atoms with E-state index in [0.717, 1.165) is 0 Å². The molecule has 0 bridgehead atoms. The summed E-state index contributed by atoms with van der Waals surface area (Å²) in [6, 6.07) is 3.43. The number of nitrogens with zero attached hydrogens (tertiary/aromatic N) is 2. The van der Waals surface area contributed by atoms with E-state index in [2.05, 4.69) is 4.98 Å². The quantitative estimate of drug-likeness (QED) is 0.720. The molecule has 0 amide bonds. The first-order chi connectivity index (χ1) is 7.79. The molecule has 0 atom stereocenters. The summed E-state index contributed by atoms with van der Waals surface area (Å²) >= 11 is 0. The number of benzene rings is 1. The Hall–Kier alpha value is -2.04. The van der Waals surface area contributed by atoms with Crippen LogP contribution in [0.25, 0.3) is 10.9 Å². The highest BCUT2D eigenvalue weighted by molar-refractivity contribution is 5.81. The smallest absolute Gasteiger partial charge is 0.261 e. The molecule has 0 aliphatic carbocycles. The van der Waals surface area contributed by atoms with Gasteiger partial charge in [-0.15, -0.1) is 0 Å². The third-order valence-electron chi connectivity index (χ3n) is 2.66. The van der Waals surface area contributed by atoms with E-state index < -0.39 is 0 Å². The molecule has 0 spiro atoms. The Morgan fingerprint density at radius 1 is 1.38 bits per heavy atom. The van der Waals surface area contributed by atoms with Gasteiger partial charge in [-0.2, -0.15) is 0 Å². The lowest BCUT2D eigenvalue weighted by molar-refractivity contribution is 0.174. The Morgan fingerprint density at radius 2 is 2.12 bits per heavy atom. The first kappa shape index (κ1) is 9.21. The molecule has 5 nitrogen and oxygen atoms in total. The number of hydrogen-bond acceptors (Lipinski definition) is 4. The summed E-state index contributed by atoms with van der Waals surface area (Å²) in [5.41, 5.74) is 0.588. The highest BCUT2D eigenvalue weighted by Crippen LogP contribution is 2.34. The van der Waals surface area contributed by atoms with Gasteiger partial charge >= 0.3 is 0 Å². The van der Waals surface area contributed by atoms with Crippen LogP contribution in [0.3, 0.4) is 0 Å². The monoisotopic (exact) mass is 218 g/mol. The van der Waals surface area contributed by atoms with Crippen LogP contribution in [0.5, 0.6) is 11.5 Å². The number of rotatable bonds is 1. The largest absolute Gasteiger partial charge is 0.454 e. The van der Waals surface area contributed by atoms with E-state index in [4.69, 9.17) is 9.47 Å². The normalized spacial score (nSPS) is 13.3. The summed E-state index contributed by atoms with van der Waals surface area (Å²) in [6.07, 6.45) is 1.55. The number of aromatic nitrogens is 2. The second-order valence-corrected chi connectivity index (χ2v) is 3.56. The molecule has 2 aromatic rings. The Morgan fingerprint density at radius 3 is 2.88 bits per heavy atom. The van der Waals surface area contributed by atoms with Crippen molar-refractivity contribution in [2.75, 3.05) is 6.79 Å². The molecule has 1 aliphatic rings. The maximum atomic E-state index is 12.0. The summed E-state index contributed by atoms with van der Waals surface area (Å²) in [4.78, 5) is 16.2. The molecular weight excluding hydrogens is 208 g/mol. The van der Waals surface area contributed by atoms with Crippen molar-refractivity contribution in [2.24, 2.45) is 0 Å². The first-order valence-electron chi connectivity index (χ1n) is 5.08. The fraction of sp³-hybridized carbons (Fsp3) is 0.273. The molecule has 1 aromatic heterocycles. The van der Waals surface area contributed by atoms with E-state index >= 15 is 0 Å². The van der Waals surface area contributed by atoms with Crippen molar-refractivity contribution in [1.29, 1.82) is 0 Å². The van der Waals surface area contributed by atoms with Gasteiger partial charge in [-0.25, -0.2) is 4.98 Å². The highest BCUT2D eigenvalue weighted by Gasteiger charge is 2.16. The van der Waals surface area contributed by atoms with Gasteiger partial charge in [0.1, 0.15) is 0 Å². The van der Waals surface area contributed by atoms with E-state index in [1.54, 1.807) is 23.0 Å². The lowest BCUT2D eigenvalue weighted by Crippen LogP contribution is -2.19. The van der Waals surface area contributed by atoms with Gasteiger partial charge in [-0.05, 0) is 13.0 Å². The van der Waals surface area contributed by atoms with E-state index in [-0.39, 0.29) is 12.4 Å². The van der Waals surface area contributed by atoms with Crippen LogP contribution < -0.4 is 15.0 Å². The molecule has 5 heteroatoms. The molecule has 1 aromatic carbocycles. The van der Waals surface area contributed by atoms with Crippen molar-refractivity contribution in [3.8, 4) is 11.5 Å². The molecule has 82 valence electrons. The van der Waals surface area contributed by atoms with Gasteiger partial charge in [-0.3, -0.25) is 9.36 Å². The summed E-state index contributed by atoms with van der Waals surface area (Å²) in [5.74, 6) is 1.26.